The number of aromatic nitrogens is 3. The molecule has 5 rings (SSSR count). The summed E-state index contributed by atoms with van der Waals surface area (Å²) in [4.78, 5) is 29.7. The van der Waals surface area contributed by atoms with E-state index in [-0.39, 0.29) is 17.5 Å². The molecule has 4 aromatic rings. The average molecular weight is 484 g/mol. The molecule has 3 heterocycles. The Kier molecular flexibility index (Phi) is 6.09. The van der Waals surface area contributed by atoms with Crippen molar-refractivity contribution in [1.82, 2.24) is 19.5 Å². The summed E-state index contributed by atoms with van der Waals surface area (Å²) in [5, 5.41) is 4.44. The van der Waals surface area contributed by atoms with Crippen molar-refractivity contribution < 1.29 is 19.1 Å². The van der Waals surface area contributed by atoms with Crippen molar-refractivity contribution in [3.8, 4) is 40.3 Å². The van der Waals surface area contributed by atoms with Crippen LogP contribution in [-0.2, 0) is 4.79 Å². The number of hydrogen-bond acceptors (Lipinski definition) is 5. The molecule has 1 unspecified atom stereocenters. The van der Waals surface area contributed by atoms with Crippen LogP contribution in [0.25, 0.3) is 16.9 Å². The lowest BCUT2D eigenvalue weighted by atomic mass is 10.0. The summed E-state index contributed by atoms with van der Waals surface area (Å²) in [6.07, 6.45) is 2.52. The van der Waals surface area contributed by atoms with Gasteiger partial charge in [0, 0.05) is 30.1 Å². The van der Waals surface area contributed by atoms with Crippen LogP contribution in [0.2, 0.25) is 0 Å². The zero-order chi connectivity index (χ0) is 25.2. The number of H-pyrrole nitrogens is 1. The van der Waals surface area contributed by atoms with Gasteiger partial charge in [-0.3, -0.25) is 9.59 Å². The number of methoxy groups -OCH3 is 1. The zero-order valence-corrected chi connectivity index (χ0v) is 19.9. The Morgan fingerprint density at radius 1 is 1.08 bits per heavy atom. The van der Waals surface area contributed by atoms with Gasteiger partial charge in [-0.05, 0) is 67.8 Å². The van der Waals surface area contributed by atoms with E-state index in [9.17, 15) is 9.59 Å². The van der Waals surface area contributed by atoms with Gasteiger partial charge < -0.3 is 25.1 Å². The molecule has 0 bridgehead atoms. The van der Waals surface area contributed by atoms with Crippen LogP contribution in [0.15, 0.2) is 54.7 Å². The highest BCUT2D eigenvalue weighted by molar-refractivity contribution is 5.98. The molecule has 2 aromatic carbocycles. The number of aromatic amines is 1. The maximum Gasteiger partial charge on any atom is 0.298 e. The maximum absolute atomic E-state index is 12.4. The van der Waals surface area contributed by atoms with Crippen molar-refractivity contribution in [3.63, 3.8) is 0 Å². The molecule has 9 nitrogen and oxygen atoms in total. The van der Waals surface area contributed by atoms with Crippen LogP contribution >= 0.6 is 0 Å². The Hall–Kier alpha value is -4.71. The van der Waals surface area contributed by atoms with Crippen LogP contribution in [0.4, 0.5) is 0 Å². The van der Waals surface area contributed by atoms with Crippen molar-refractivity contribution in [2.75, 3.05) is 20.2 Å². The van der Waals surface area contributed by atoms with E-state index in [0.717, 1.165) is 23.3 Å². The number of primary amides is 1. The normalized spacial score (nSPS) is 14.9. The Bertz CT molecular complexity index is 1490. The fourth-order valence-corrected chi connectivity index (χ4v) is 4.53. The van der Waals surface area contributed by atoms with Gasteiger partial charge in [-0.15, -0.1) is 0 Å². The molecule has 36 heavy (non-hydrogen) atoms. The number of imidazole rings is 1. The molecule has 0 saturated carbocycles. The molecule has 0 radical (unpaired) electrons. The van der Waals surface area contributed by atoms with Gasteiger partial charge in [-0.1, -0.05) is 5.92 Å². The quantitative estimate of drug-likeness (QED) is 0.407. The molecule has 2 amide bonds. The maximum atomic E-state index is 12.4. The highest BCUT2D eigenvalue weighted by atomic mass is 16.5. The lowest BCUT2D eigenvalue weighted by molar-refractivity contribution is -0.124. The molecule has 2 aromatic heterocycles. The number of benzene rings is 2. The predicted molar refractivity (Wildman–Crippen MR) is 134 cm³/mol. The first-order valence-corrected chi connectivity index (χ1v) is 11.5. The van der Waals surface area contributed by atoms with Gasteiger partial charge in [0.1, 0.15) is 22.9 Å². The number of likely N-dealkylation sites (tertiary alicyclic amines) is 1. The van der Waals surface area contributed by atoms with E-state index in [4.69, 9.17) is 15.2 Å². The molecule has 1 aliphatic rings. The third-order valence-corrected chi connectivity index (χ3v) is 6.31. The average Bonchev–Trinajstić information content (AvgIpc) is 3.60. The van der Waals surface area contributed by atoms with Crippen molar-refractivity contribution in [3.05, 3.63) is 66.0 Å². The smallest absolute Gasteiger partial charge is 0.298 e. The van der Waals surface area contributed by atoms with Gasteiger partial charge in [-0.25, -0.2) is 4.52 Å². The SMILES string of the molecule is CC#CC(=O)N1CCC(c2cnn3c(C(N)=O)c(-c4ccc(Oc5ccc(OC)cc5)cc4)[nH]c23)C1. The van der Waals surface area contributed by atoms with E-state index >= 15 is 0 Å². The molecule has 1 aliphatic heterocycles. The van der Waals surface area contributed by atoms with Crippen LogP contribution in [0.1, 0.15) is 35.3 Å². The van der Waals surface area contributed by atoms with Crippen LogP contribution in [-0.4, -0.2) is 51.5 Å². The summed E-state index contributed by atoms with van der Waals surface area (Å²) in [7, 11) is 1.61. The monoisotopic (exact) mass is 483 g/mol. The van der Waals surface area contributed by atoms with Gasteiger partial charge in [0.25, 0.3) is 11.8 Å². The van der Waals surface area contributed by atoms with Crippen molar-refractivity contribution >= 4 is 17.5 Å². The van der Waals surface area contributed by atoms with Crippen LogP contribution in [0.5, 0.6) is 17.2 Å². The summed E-state index contributed by atoms with van der Waals surface area (Å²) in [6, 6.07) is 14.7. The molecule has 1 fully saturated rings. The standard InChI is InChI=1S/C27H25N5O4/c1-3-4-23(33)31-14-13-18(16-31)22-15-29-32-25(26(28)34)24(30-27(22)32)17-5-7-20(8-6-17)36-21-11-9-19(35-2)10-12-21/h5-12,15,18,30H,13-14,16H2,1-2H3,(H2,28,34). The lowest BCUT2D eigenvalue weighted by Gasteiger charge is -2.12. The second kappa shape index (κ2) is 9.50. The number of carbonyl (C=O) groups is 2. The number of ether oxygens (including phenoxy) is 2. The molecule has 1 saturated heterocycles. The number of nitrogens with one attached hydrogen (secondary N) is 1. The fourth-order valence-electron chi connectivity index (χ4n) is 4.53. The van der Waals surface area contributed by atoms with Gasteiger partial charge in [0.05, 0.1) is 19.0 Å². The van der Waals surface area contributed by atoms with Crippen LogP contribution in [0.3, 0.4) is 0 Å². The molecular formula is C27H25N5O4. The Morgan fingerprint density at radius 2 is 1.75 bits per heavy atom. The topological polar surface area (TPSA) is 115 Å². The molecule has 0 aliphatic carbocycles. The summed E-state index contributed by atoms with van der Waals surface area (Å²) in [6.45, 7) is 2.82. The van der Waals surface area contributed by atoms with E-state index in [2.05, 4.69) is 21.9 Å². The molecule has 182 valence electrons. The number of carbonyl (C=O) groups excluding carboxylic acids is 2. The number of rotatable bonds is 6. The highest BCUT2D eigenvalue weighted by Crippen LogP contribution is 2.34. The first-order valence-electron chi connectivity index (χ1n) is 11.5. The Balaban J connectivity index is 1.42. The number of fused-ring (bicyclic) bond motifs is 1. The van der Waals surface area contributed by atoms with Gasteiger partial charge in [0.15, 0.2) is 5.69 Å². The summed E-state index contributed by atoms with van der Waals surface area (Å²) >= 11 is 0. The fraction of sp³-hybridized carbons (Fsp3) is 0.222. The lowest BCUT2D eigenvalue weighted by Crippen LogP contribution is -2.26. The number of amides is 2. The summed E-state index contributed by atoms with van der Waals surface area (Å²) in [5.74, 6) is 6.64. The second-order valence-corrected chi connectivity index (χ2v) is 8.49. The molecule has 9 heteroatoms. The van der Waals surface area contributed by atoms with Gasteiger partial charge in [0.2, 0.25) is 0 Å². The minimum atomic E-state index is -0.592. The zero-order valence-electron chi connectivity index (χ0n) is 19.9. The van der Waals surface area contributed by atoms with E-state index < -0.39 is 5.91 Å². The largest absolute Gasteiger partial charge is 0.497 e. The Morgan fingerprint density at radius 3 is 2.39 bits per heavy atom. The number of hydrogen-bond donors (Lipinski definition) is 2. The highest BCUT2D eigenvalue weighted by Gasteiger charge is 2.31. The first kappa shape index (κ1) is 23.1. The van der Waals surface area contributed by atoms with Gasteiger partial charge >= 0.3 is 0 Å². The third kappa shape index (κ3) is 4.25. The number of nitrogens with two attached hydrogens (primary N) is 1. The van der Waals surface area contributed by atoms with Gasteiger partial charge in [-0.2, -0.15) is 5.10 Å². The summed E-state index contributed by atoms with van der Waals surface area (Å²) in [5.41, 5.74) is 8.99. The first-order chi connectivity index (χ1) is 17.5. The Labute approximate surface area is 207 Å². The van der Waals surface area contributed by atoms with E-state index in [1.807, 2.05) is 48.5 Å². The van der Waals surface area contributed by atoms with Crippen molar-refractivity contribution in [2.45, 2.75) is 19.3 Å². The van der Waals surface area contributed by atoms with Crippen molar-refractivity contribution in [1.29, 1.82) is 0 Å². The van der Waals surface area contributed by atoms with Crippen LogP contribution in [0, 0.1) is 11.8 Å². The second-order valence-electron chi connectivity index (χ2n) is 8.49. The molecular weight excluding hydrogens is 458 g/mol. The molecule has 3 N–H and O–H groups in total. The molecule has 1 atom stereocenters. The third-order valence-electron chi connectivity index (χ3n) is 6.31. The van der Waals surface area contributed by atoms with E-state index in [1.165, 1.54) is 0 Å². The minimum Gasteiger partial charge on any atom is -0.497 e. The van der Waals surface area contributed by atoms with E-state index in [0.29, 0.717) is 35.9 Å². The minimum absolute atomic E-state index is 0.0811. The van der Waals surface area contributed by atoms with E-state index in [1.54, 1.807) is 29.6 Å². The predicted octanol–water partition coefficient (Wildman–Crippen LogP) is 3.57. The van der Waals surface area contributed by atoms with Crippen LogP contribution < -0.4 is 15.2 Å². The van der Waals surface area contributed by atoms with Crippen molar-refractivity contribution in [2.24, 2.45) is 5.73 Å². The number of nitrogens with zero attached hydrogens (tertiary/aromatic N) is 3. The summed E-state index contributed by atoms with van der Waals surface area (Å²) < 4.78 is 12.6. The molecule has 0 spiro atoms.